The zero-order valence-corrected chi connectivity index (χ0v) is 19.5. The fraction of sp³-hybridized carbons (Fsp3) is 0.0476. The predicted molar refractivity (Wildman–Crippen MR) is 129 cm³/mol. The smallest absolute Gasteiger partial charge is 0.293 e. The molecule has 1 N–H and O–H groups in total. The lowest BCUT2D eigenvalue weighted by atomic mass is 10.0. The summed E-state index contributed by atoms with van der Waals surface area (Å²) in [5, 5.41) is 12.1. The van der Waals surface area contributed by atoms with E-state index in [0.717, 1.165) is 31.7 Å². The highest BCUT2D eigenvalue weighted by atomic mass is 127. The largest absolute Gasteiger partial charge is 0.506 e. The Hall–Kier alpha value is -1.59. The minimum absolute atomic E-state index is 0.113. The molecule has 0 bridgehead atoms. The number of phenolic OH excluding ortho intramolecular Hbond substituents is 1. The molecule has 140 valence electrons. The van der Waals surface area contributed by atoms with Gasteiger partial charge in [0.1, 0.15) is 5.75 Å². The van der Waals surface area contributed by atoms with Crippen LogP contribution in [-0.2, 0) is 11.3 Å². The molecule has 4 nitrogen and oxygen atoms in total. The number of fused-ring (bicyclic) bond motifs is 1. The van der Waals surface area contributed by atoms with Crippen molar-refractivity contribution in [3.05, 3.63) is 77.8 Å². The molecular weight excluding hydrogens is 600 g/mol. The van der Waals surface area contributed by atoms with Crippen molar-refractivity contribution >= 4 is 84.9 Å². The van der Waals surface area contributed by atoms with Gasteiger partial charge in [-0.15, -0.1) is 0 Å². The topological polar surface area (TPSA) is 57.6 Å². The van der Waals surface area contributed by atoms with Crippen molar-refractivity contribution < 1.29 is 14.7 Å². The predicted octanol–water partition coefficient (Wildman–Crippen LogP) is 5.99. The van der Waals surface area contributed by atoms with Gasteiger partial charge in [0.05, 0.1) is 15.0 Å². The minimum Gasteiger partial charge on any atom is -0.506 e. The fourth-order valence-electron chi connectivity index (χ4n) is 3.07. The van der Waals surface area contributed by atoms with Crippen molar-refractivity contribution in [3.63, 3.8) is 0 Å². The van der Waals surface area contributed by atoms with E-state index in [-0.39, 0.29) is 23.4 Å². The number of hydrogen-bond acceptors (Lipinski definition) is 4. The second-order valence-electron chi connectivity index (χ2n) is 6.23. The van der Waals surface area contributed by atoms with Crippen LogP contribution in [0.25, 0.3) is 16.8 Å². The molecule has 2 amide bonds. The Kier molecular flexibility index (Phi) is 5.66. The third kappa shape index (κ3) is 3.79. The van der Waals surface area contributed by atoms with E-state index in [1.54, 1.807) is 12.1 Å². The average Bonchev–Trinajstić information content (AvgIpc) is 2.93. The van der Waals surface area contributed by atoms with Crippen molar-refractivity contribution in [3.8, 4) is 5.75 Å². The Morgan fingerprint density at radius 3 is 2.61 bits per heavy atom. The van der Waals surface area contributed by atoms with E-state index in [0.29, 0.717) is 14.0 Å². The van der Waals surface area contributed by atoms with Gasteiger partial charge in [0, 0.05) is 9.13 Å². The summed E-state index contributed by atoms with van der Waals surface area (Å²) in [7, 11) is 0. The Labute approximate surface area is 193 Å². The highest BCUT2D eigenvalue weighted by Crippen LogP contribution is 2.36. The summed E-state index contributed by atoms with van der Waals surface area (Å²) < 4.78 is 1.65. The number of imide groups is 1. The van der Waals surface area contributed by atoms with Gasteiger partial charge in [-0.3, -0.25) is 14.5 Å². The minimum atomic E-state index is -0.337. The van der Waals surface area contributed by atoms with E-state index in [1.807, 2.05) is 71.1 Å². The summed E-state index contributed by atoms with van der Waals surface area (Å²) in [6.07, 6.45) is 1.59. The van der Waals surface area contributed by atoms with Crippen LogP contribution in [0.2, 0.25) is 0 Å². The first-order chi connectivity index (χ1) is 13.4. The Bertz CT molecular complexity index is 1150. The number of nitrogens with zero attached hydrogens (tertiary/aromatic N) is 1. The number of amides is 2. The maximum Gasteiger partial charge on any atom is 0.293 e. The molecule has 0 radical (unpaired) electrons. The summed E-state index contributed by atoms with van der Waals surface area (Å²) in [5.74, 6) is -0.224. The van der Waals surface area contributed by atoms with Gasteiger partial charge < -0.3 is 5.11 Å². The second kappa shape index (κ2) is 8.03. The number of benzene rings is 3. The lowest BCUT2D eigenvalue weighted by Gasteiger charge is -2.14. The number of carbonyl (C=O) groups excluding carboxylic acids is 2. The standard InChI is InChI=1S/C21H13I2NO3S/c22-15-8-14(19(25)17(23)10-15)9-18-20(26)24(21(27)28-18)11-13-6-3-5-12-4-1-2-7-16(12)13/h1-10,25H,11H2/b18-9+. The lowest BCUT2D eigenvalue weighted by molar-refractivity contribution is -0.123. The van der Waals surface area contributed by atoms with E-state index >= 15 is 0 Å². The molecule has 1 saturated heterocycles. The molecule has 0 atom stereocenters. The number of carbonyl (C=O) groups is 2. The molecule has 0 unspecified atom stereocenters. The summed E-state index contributed by atoms with van der Waals surface area (Å²) in [5.41, 5.74) is 1.46. The maximum atomic E-state index is 12.9. The van der Waals surface area contributed by atoms with Gasteiger partial charge in [0.25, 0.3) is 11.1 Å². The van der Waals surface area contributed by atoms with E-state index < -0.39 is 0 Å². The summed E-state index contributed by atoms with van der Waals surface area (Å²) >= 11 is 5.11. The van der Waals surface area contributed by atoms with Crippen LogP contribution < -0.4 is 0 Å². The molecule has 28 heavy (non-hydrogen) atoms. The van der Waals surface area contributed by atoms with Gasteiger partial charge in [-0.25, -0.2) is 0 Å². The van der Waals surface area contributed by atoms with Crippen LogP contribution in [0.1, 0.15) is 11.1 Å². The average molecular weight is 613 g/mol. The van der Waals surface area contributed by atoms with Gasteiger partial charge in [-0.2, -0.15) is 0 Å². The number of rotatable bonds is 3. The molecule has 3 aromatic rings. The monoisotopic (exact) mass is 613 g/mol. The van der Waals surface area contributed by atoms with Gasteiger partial charge in [0.2, 0.25) is 0 Å². The van der Waals surface area contributed by atoms with Crippen LogP contribution in [0, 0.1) is 7.14 Å². The molecule has 1 heterocycles. The molecule has 0 spiro atoms. The van der Waals surface area contributed by atoms with Gasteiger partial charge in [-0.1, -0.05) is 42.5 Å². The van der Waals surface area contributed by atoms with Crippen molar-refractivity contribution in [2.75, 3.05) is 0 Å². The highest BCUT2D eigenvalue weighted by molar-refractivity contribution is 14.1. The van der Waals surface area contributed by atoms with Crippen LogP contribution in [-0.4, -0.2) is 21.2 Å². The molecule has 7 heteroatoms. The maximum absolute atomic E-state index is 12.9. The normalized spacial score (nSPS) is 15.8. The molecule has 1 fully saturated rings. The highest BCUT2D eigenvalue weighted by Gasteiger charge is 2.35. The third-order valence-electron chi connectivity index (χ3n) is 4.43. The SMILES string of the molecule is O=C1S/C(=C/c2cc(I)cc(I)c2O)C(=O)N1Cc1cccc2ccccc12. The molecule has 1 aliphatic rings. The molecule has 1 aliphatic heterocycles. The number of halogens is 2. The summed E-state index contributed by atoms with van der Waals surface area (Å²) in [6, 6.07) is 17.4. The Morgan fingerprint density at radius 1 is 1.04 bits per heavy atom. The first-order valence-corrected chi connectivity index (χ1v) is 11.3. The van der Waals surface area contributed by atoms with E-state index in [4.69, 9.17) is 0 Å². The molecule has 0 saturated carbocycles. The molecule has 3 aromatic carbocycles. The van der Waals surface area contributed by atoms with E-state index in [9.17, 15) is 14.7 Å². The van der Waals surface area contributed by atoms with Gasteiger partial charge >= 0.3 is 0 Å². The third-order valence-corrected chi connectivity index (χ3v) is 6.78. The Morgan fingerprint density at radius 2 is 1.79 bits per heavy atom. The number of aromatic hydroxyl groups is 1. The second-order valence-corrected chi connectivity index (χ2v) is 9.63. The van der Waals surface area contributed by atoms with Crippen molar-refractivity contribution in [1.29, 1.82) is 0 Å². The number of hydrogen-bond donors (Lipinski definition) is 1. The zero-order chi connectivity index (χ0) is 19.8. The Balaban J connectivity index is 1.66. The van der Waals surface area contributed by atoms with Crippen molar-refractivity contribution in [2.24, 2.45) is 0 Å². The van der Waals surface area contributed by atoms with Crippen molar-refractivity contribution in [1.82, 2.24) is 4.90 Å². The molecule has 0 aliphatic carbocycles. The summed E-state index contributed by atoms with van der Waals surface area (Å²) in [6.45, 7) is 0.221. The van der Waals surface area contributed by atoms with Crippen LogP contribution in [0.4, 0.5) is 4.79 Å². The van der Waals surface area contributed by atoms with Gasteiger partial charge in [0.15, 0.2) is 0 Å². The van der Waals surface area contributed by atoms with Crippen LogP contribution in [0.15, 0.2) is 59.5 Å². The van der Waals surface area contributed by atoms with Crippen LogP contribution in [0.5, 0.6) is 5.75 Å². The number of phenols is 1. The van der Waals surface area contributed by atoms with E-state index in [1.165, 1.54) is 4.90 Å². The zero-order valence-electron chi connectivity index (χ0n) is 14.4. The van der Waals surface area contributed by atoms with Crippen LogP contribution in [0.3, 0.4) is 0 Å². The van der Waals surface area contributed by atoms with Crippen LogP contribution >= 0.6 is 56.9 Å². The number of thioether (sulfide) groups is 1. The van der Waals surface area contributed by atoms with E-state index in [2.05, 4.69) is 22.6 Å². The first kappa shape index (κ1) is 19.7. The molecule has 4 rings (SSSR count). The quantitative estimate of drug-likeness (QED) is 0.292. The summed E-state index contributed by atoms with van der Waals surface area (Å²) in [4.78, 5) is 27.0. The first-order valence-electron chi connectivity index (χ1n) is 8.34. The lowest BCUT2D eigenvalue weighted by Crippen LogP contribution is -2.27. The molecular formula is C21H13I2NO3S. The fourth-order valence-corrected chi connectivity index (χ4v) is 5.79. The van der Waals surface area contributed by atoms with Crippen molar-refractivity contribution in [2.45, 2.75) is 6.54 Å². The van der Waals surface area contributed by atoms with Gasteiger partial charge in [-0.05, 0) is 91.5 Å². The molecule has 0 aromatic heterocycles.